The number of carbonyl (C=O) groups is 6. The van der Waals surface area contributed by atoms with Gasteiger partial charge in [-0.1, -0.05) is 50.2 Å². The van der Waals surface area contributed by atoms with Crippen molar-refractivity contribution in [3.05, 3.63) is 161 Å². The van der Waals surface area contributed by atoms with Gasteiger partial charge in [0.15, 0.2) is 37.1 Å². The van der Waals surface area contributed by atoms with Crippen LogP contribution in [0, 0.1) is 0 Å². The Bertz CT molecular complexity index is 4560. The van der Waals surface area contributed by atoms with Crippen molar-refractivity contribution in [2.75, 3.05) is 83.3 Å². The molecule has 0 aromatic heterocycles. The number of fused-ring (bicyclic) bond motifs is 6. The first kappa shape index (κ1) is 76.1. The van der Waals surface area contributed by atoms with Gasteiger partial charge in [-0.2, -0.15) is 39.5 Å². The van der Waals surface area contributed by atoms with Gasteiger partial charge >= 0.3 is 18.5 Å². The molecular formula is C78H77F9N6O14. The maximum atomic E-state index is 13.3. The Balaban J connectivity index is 0.000000150. The molecule has 107 heavy (non-hydrogen) atoms. The van der Waals surface area contributed by atoms with Crippen LogP contribution in [0.5, 0.6) is 34.5 Å². The fourth-order valence-electron chi connectivity index (χ4n) is 14.3. The third kappa shape index (κ3) is 16.4. The summed E-state index contributed by atoms with van der Waals surface area (Å²) in [5.41, 5.74) is 1.61. The van der Waals surface area contributed by atoms with Gasteiger partial charge in [-0.25, -0.2) is 0 Å². The van der Waals surface area contributed by atoms with Gasteiger partial charge < -0.3 is 69.3 Å². The van der Waals surface area contributed by atoms with Gasteiger partial charge in [0.25, 0.3) is 17.7 Å². The van der Waals surface area contributed by atoms with Crippen molar-refractivity contribution in [2.45, 2.75) is 140 Å². The van der Waals surface area contributed by atoms with E-state index in [1.807, 2.05) is 20.8 Å². The number of nitrogens with one attached hydrogen (secondary N) is 3. The van der Waals surface area contributed by atoms with Gasteiger partial charge in [0, 0.05) is 87.0 Å². The minimum absolute atomic E-state index is 0.0683. The Labute approximate surface area is 609 Å². The van der Waals surface area contributed by atoms with Crippen LogP contribution in [-0.2, 0) is 47.3 Å². The number of carbonyl (C=O) groups excluding carboxylic acids is 6. The van der Waals surface area contributed by atoms with Crippen LogP contribution in [0.4, 0.5) is 73.6 Å². The number of amides is 6. The molecule has 2 spiro atoms. The first-order valence-electron chi connectivity index (χ1n) is 35.2. The molecule has 2 saturated carbocycles. The van der Waals surface area contributed by atoms with Crippen LogP contribution in [0.3, 0.4) is 0 Å². The van der Waals surface area contributed by atoms with E-state index in [1.54, 1.807) is 59.5 Å². The van der Waals surface area contributed by atoms with Crippen molar-refractivity contribution in [3.63, 3.8) is 0 Å². The number of alkyl halides is 9. The van der Waals surface area contributed by atoms with E-state index in [9.17, 15) is 68.3 Å². The molecule has 0 radical (unpaired) electrons. The third-order valence-electron chi connectivity index (χ3n) is 20.2. The van der Waals surface area contributed by atoms with Gasteiger partial charge in [0.1, 0.15) is 34.1 Å². The third-order valence-corrected chi connectivity index (χ3v) is 20.2. The number of aliphatic hydroxyl groups excluding tert-OH is 2. The summed E-state index contributed by atoms with van der Waals surface area (Å²) in [6.07, 6.45) is -1.49. The lowest BCUT2D eigenvalue weighted by Crippen LogP contribution is -2.45. The highest BCUT2D eigenvalue weighted by Crippen LogP contribution is 2.54. The zero-order valence-electron chi connectivity index (χ0n) is 58.5. The van der Waals surface area contributed by atoms with Gasteiger partial charge in [0.2, 0.25) is 17.7 Å². The SMILES string of the molecule is CCC1(CC)C/C(=C\C(=O)Nc2cccc3c2OCC(=O)N3CCCO)c2ccc(C(F)(F)F)cc2O1.CCN1C(=O)COc2c(NC(=O)/C=C3\CC4(CCC4)Oc4cc(C(F)(F)F)ccc43)cccc21.O=C(/C=C1\CC2(CCC2)Oc2cc(C(F)(F)F)ccc21)Nc1cccc2c1OCC(=O)N2CCCO. The van der Waals surface area contributed by atoms with E-state index < -0.39 is 69.7 Å². The number of halogens is 9. The Morgan fingerprint density at radius 2 is 0.785 bits per heavy atom. The minimum Gasteiger partial charge on any atom is -0.486 e. The molecule has 5 N–H and O–H groups in total. The summed E-state index contributed by atoms with van der Waals surface area (Å²) in [6, 6.07) is 25.2. The van der Waals surface area contributed by atoms with Crippen LogP contribution >= 0.6 is 0 Å². The van der Waals surface area contributed by atoms with Crippen molar-refractivity contribution in [3.8, 4) is 34.5 Å². The van der Waals surface area contributed by atoms with E-state index in [1.165, 1.54) is 46.2 Å². The summed E-state index contributed by atoms with van der Waals surface area (Å²) in [6.45, 7) is 6.08. The van der Waals surface area contributed by atoms with Gasteiger partial charge in [-0.05, 0) is 161 Å². The van der Waals surface area contributed by atoms with Crippen LogP contribution in [0.2, 0.25) is 0 Å². The number of ether oxygens (including phenoxy) is 6. The van der Waals surface area contributed by atoms with Crippen LogP contribution < -0.4 is 59.1 Å². The average Bonchev–Trinajstić information content (AvgIpc) is 0.760. The zero-order chi connectivity index (χ0) is 76.4. The van der Waals surface area contributed by atoms with E-state index in [0.717, 1.165) is 62.1 Å². The van der Waals surface area contributed by atoms with Gasteiger partial charge in [-0.15, -0.1) is 0 Å². The molecule has 6 aromatic rings. The number of hydrogen-bond donors (Lipinski definition) is 5. The molecule has 0 bridgehead atoms. The van der Waals surface area contributed by atoms with Crippen molar-refractivity contribution in [1.29, 1.82) is 0 Å². The molecule has 2 aliphatic carbocycles. The lowest BCUT2D eigenvalue weighted by atomic mass is 9.72. The first-order chi connectivity index (χ1) is 51.0. The molecule has 566 valence electrons. The number of nitrogens with zero attached hydrogens (tertiary/aromatic N) is 3. The van der Waals surface area contributed by atoms with E-state index >= 15 is 0 Å². The Morgan fingerprint density at radius 3 is 1.09 bits per heavy atom. The second-order valence-corrected chi connectivity index (χ2v) is 27.1. The second kappa shape index (κ2) is 30.7. The summed E-state index contributed by atoms with van der Waals surface area (Å²) < 4.78 is 154. The summed E-state index contributed by atoms with van der Waals surface area (Å²) in [5, 5.41) is 26.7. The van der Waals surface area contributed by atoms with Crippen molar-refractivity contribution >= 4 is 86.3 Å². The summed E-state index contributed by atoms with van der Waals surface area (Å²) in [4.78, 5) is 80.5. The monoisotopic (exact) mass is 1490 g/mol. The average molecular weight is 1490 g/mol. The highest BCUT2D eigenvalue weighted by atomic mass is 19.4. The fourth-order valence-corrected chi connectivity index (χ4v) is 14.3. The number of benzene rings is 6. The molecule has 6 amide bonds. The zero-order valence-corrected chi connectivity index (χ0v) is 58.5. The van der Waals surface area contributed by atoms with Crippen molar-refractivity contribution in [1.82, 2.24) is 0 Å². The minimum atomic E-state index is -4.52. The Kier molecular flexibility index (Phi) is 21.9. The molecule has 14 rings (SSSR count). The molecular weight excluding hydrogens is 1420 g/mol. The molecule has 0 unspecified atom stereocenters. The summed E-state index contributed by atoms with van der Waals surface area (Å²) in [5.74, 6) is -0.574. The van der Waals surface area contributed by atoms with Crippen LogP contribution in [0.25, 0.3) is 16.7 Å². The molecule has 20 nitrogen and oxygen atoms in total. The smallest absolute Gasteiger partial charge is 0.416 e. The number of aliphatic hydroxyl groups is 2. The molecule has 0 atom stereocenters. The lowest BCUT2D eigenvalue weighted by Gasteiger charge is -2.46. The van der Waals surface area contributed by atoms with E-state index in [2.05, 4.69) is 16.0 Å². The van der Waals surface area contributed by atoms with Crippen molar-refractivity contribution < 1.29 is 107 Å². The van der Waals surface area contributed by atoms with Crippen LogP contribution in [0.15, 0.2) is 127 Å². The predicted octanol–water partition coefficient (Wildman–Crippen LogP) is 14.9. The summed E-state index contributed by atoms with van der Waals surface area (Å²) >= 11 is 0. The van der Waals surface area contributed by atoms with E-state index in [0.29, 0.717) is 162 Å². The number of rotatable bonds is 15. The number of hydrogen-bond acceptors (Lipinski definition) is 14. The number of likely N-dealkylation sites (N-methyl/N-ethyl adjacent to an activating group) is 1. The standard InChI is InChI=1S/C27H29F3N2O5.C26H25F3N2O5.C25H23F3N2O4/c1-3-26(4-2)15-17(19-10-9-18(27(28,29)30)14-22(19)37-26)13-23(34)31-20-7-5-8-21-25(20)36-16-24(35)32(21)11-6-12-33;27-26(28,29)17-6-7-18-16(14-25(8-2-9-25)36-21(18)13-17)12-22(33)30-19-4-1-5-20-24(19)35-15-23(34)31(20)10-3-11-32;1-2-30-19-6-3-5-18(23(19)33-14-22(30)32)29-21(31)11-15-13-24(9-4-10-24)34-20-12-16(25(26,27)28)7-8-17(15)20/h5,7-10,13-14,33H,3-4,6,11-12,15-16H2,1-2H3,(H,31,34);1,4-7,12-13,32H,2-3,8-11,14-15H2,(H,30,33);3,5-8,11-12H,2,4,9-10,13-14H2,1H3,(H,29,31)/b17-13+;16-12+;15-11+. The predicted molar refractivity (Wildman–Crippen MR) is 378 cm³/mol. The van der Waals surface area contributed by atoms with Gasteiger partial charge in [0.05, 0.1) is 50.8 Å². The summed E-state index contributed by atoms with van der Waals surface area (Å²) in [7, 11) is 0. The van der Waals surface area contributed by atoms with E-state index in [4.69, 9.17) is 38.6 Å². The van der Waals surface area contributed by atoms with E-state index in [-0.39, 0.29) is 68.0 Å². The molecule has 0 saturated heterocycles. The van der Waals surface area contributed by atoms with Gasteiger partial charge in [-0.3, -0.25) is 28.8 Å². The highest BCUT2D eigenvalue weighted by molar-refractivity contribution is 6.10. The Hall–Kier alpha value is -10.6. The maximum Gasteiger partial charge on any atom is 0.416 e. The normalized spacial score (nSPS) is 18.7. The van der Waals surface area contributed by atoms with Crippen molar-refractivity contribution in [2.24, 2.45) is 0 Å². The number of para-hydroxylation sites is 3. The number of anilines is 6. The lowest BCUT2D eigenvalue weighted by molar-refractivity contribution is -0.138. The topological polar surface area (TPSA) is 244 Å². The molecule has 29 heteroatoms. The molecule has 6 aliphatic heterocycles. The fraction of sp³-hybridized carbons (Fsp3) is 0.385. The first-order valence-corrected chi connectivity index (χ1v) is 35.2. The maximum absolute atomic E-state index is 13.3. The molecule has 8 aliphatic rings. The highest BCUT2D eigenvalue weighted by Gasteiger charge is 2.47. The second-order valence-electron chi connectivity index (χ2n) is 27.1. The quantitative estimate of drug-likeness (QED) is 0.0474. The molecule has 6 heterocycles. The van der Waals surface area contributed by atoms with Crippen LogP contribution in [0.1, 0.15) is 138 Å². The van der Waals surface area contributed by atoms with Crippen LogP contribution in [-0.4, -0.2) is 115 Å². The Morgan fingerprint density at radius 1 is 0.458 bits per heavy atom. The largest absolute Gasteiger partial charge is 0.486 e. The molecule has 6 aromatic carbocycles. The molecule has 2 fully saturated rings.